The number of likely N-dealkylation sites (N-methyl/N-ethyl adjacent to an activating group) is 2. The quantitative estimate of drug-likeness (QED) is 0.0254. The Bertz CT molecular complexity index is 2730. The van der Waals surface area contributed by atoms with E-state index < -0.39 is 5.97 Å². The average Bonchev–Trinajstić information content (AvgIpc) is 3.50. The first-order chi connectivity index (χ1) is 38.5. The number of methoxy groups -OCH3 is 2. The Hall–Kier alpha value is -7.76. The molecule has 0 heterocycles. The maximum absolute atomic E-state index is 12.4. The molecule has 0 saturated heterocycles. The number of nitrogens with zero attached hydrogens (tertiary/aromatic N) is 1. The van der Waals surface area contributed by atoms with Crippen LogP contribution in [-0.4, -0.2) is 88.4 Å². The molecule has 420 valence electrons. The average molecular weight is 1070 g/mol. The molecular formula is C68H84N2O9. The monoisotopic (exact) mass is 1070 g/mol. The van der Waals surface area contributed by atoms with E-state index in [2.05, 4.69) is 174 Å². The van der Waals surface area contributed by atoms with E-state index in [1.54, 1.807) is 4.90 Å². The zero-order valence-corrected chi connectivity index (χ0v) is 47.6. The largest absolute Gasteiger partial charge is 0.492 e. The van der Waals surface area contributed by atoms with E-state index in [1.807, 2.05) is 38.4 Å². The summed E-state index contributed by atoms with van der Waals surface area (Å²) in [6, 6.07) is 59.1. The fourth-order valence-electron chi connectivity index (χ4n) is 8.89. The van der Waals surface area contributed by atoms with E-state index in [9.17, 15) is 19.2 Å². The van der Waals surface area contributed by atoms with Gasteiger partial charge in [-0.1, -0.05) is 185 Å². The summed E-state index contributed by atoms with van der Waals surface area (Å²) in [4.78, 5) is 46.1. The minimum Gasteiger partial charge on any atom is -0.492 e. The first kappa shape index (κ1) is 63.8. The van der Waals surface area contributed by atoms with Crippen LogP contribution in [0.1, 0.15) is 137 Å². The summed E-state index contributed by atoms with van der Waals surface area (Å²) >= 11 is 0. The summed E-state index contributed by atoms with van der Waals surface area (Å²) in [5.74, 6) is 0.680. The Morgan fingerprint density at radius 1 is 0.443 bits per heavy atom. The minimum absolute atomic E-state index is 0.118. The van der Waals surface area contributed by atoms with Crippen molar-refractivity contribution in [2.45, 2.75) is 104 Å². The standard InChI is InChI=1S/C34H41NO4.C25H27NO.C9H16O4/c1-4-31(27-15-9-7-10-16-27)34(28-17-11-8-12-18-28)29-21-23-30(24-22-29)39-26-25-35(2)32(36)19-13-5-6-14-20-33(37)38-3;1-3-24(20-10-6-4-7-11-20)25(21-12-8-5-9-13-21)22-14-16-23(17-15-22)27-19-18-26-2;1-13-9(12)7-5-3-2-4-6-8(10)11/h7-12,15-18,21-24H,4-6,13-14,19-20,25-26H2,1-3H3;4-17,26H,3,18-19H2,1-2H3;2-7H2,1H3,(H,10,11)/b34-31-;25-24-;. The zero-order valence-electron chi connectivity index (χ0n) is 47.6. The van der Waals surface area contributed by atoms with Gasteiger partial charge in [-0.3, -0.25) is 19.2 Å². The Kier molecular flexibility index (Phi) is 30.6. The van der Waals surface area contributed by atoms with Crippen LogP contribution in [0.3, 0.4) is 0 Å². The topological polar surface area (TPSA) is 141 Å². The maximum atomic E-state index is 12.4. The van der Waals surface area contributed by atoms with Crippen LogP contribution in [0, 0.1) is 0 Å². The third-order valence-electron chi connectivity index (χ3n) is 13.2. The summed E-state index contributed by atoms with van der Waals surface area (Å²) in [6.07, 6.45) is 10.2. The Balaban J connectivity index is 0.000000289. The van der Waals surface area contributed by atoms with Crippen LogP contribution in [0.25, 0.3) is 22.3 Å². The Morgan fingerprint density at radius 2 is 0.785 bits per heavy atom. The molecule has 6 aromatic rings. The van der Waals surface area contributed by atoms with Crippen LogP contribution in [0.5, 0.6) is 11.5 Å². The number of unbranched alkanes of at least 4 members (excludes halogenated alkanes) is 6. The first-order valence-corrected chi connectivity index (χ1v) is 27.9. The Morgan fingerprint density at radius 3 is 1.14 bits per heavy atom. The van der Waals surface area contributed by atoms with Crippen molar-refractivity contribution in [1.82, 2.24) is 10.2 Å². The summed E-state index contributed by atoms with van der Waals surface area (Å²) < 4.78 is 20.9. The molecule has 6 rings (SSSR count). The van der Waals surface area contributed by atoms with Crippen LogP contribution >= 0.6 is 0 Å². The summed E-state index contributed by atoms with van der Waals surface area (Å²) in [5, 5.41) is 11.4. The number of hydrogen-bond acceptors (Lipinski definition) is 9. The molecule has 79 heavy (non-hydrogen) atoms. The molecule has 0 fully saturated rings. The van der Waals surface area contributed by atoms with Gasteiger partial charge >= 0.3 is 17.9 Å². The summed E-state index contributed by atoms with van der Waals surface area (Å²) in [7, 11) is 6.52. The van der Waals surface area contributed by atoms with Gasteiger partial charge < -0.3 is 34.3 Å². The molecule has 0 aliphatic rings. The minimum atomic E-state index is -0.757. The molecule has 0 aromatic heterocycles. The molecule has 2 N–H and O–H groups in total. The van der Waals surface area contributed by atoms with Gasteiger partial charge in [0, 0.05) is 39.3 Å². The smallest absolute Gasteiger partial charge is 0.305 e. The van der Waals surface area contributed by atoms with Crippen molar-refractivity contribution in [1.29, 1.82) is 0 Å². The molecule has 0 aliphatic heterocycles. The van der Waals surface area contributed by atoms with Gasteiger partial charge in [-0.05, 0) is 126 Å². The highest BCUT2D eigenvalue weighted by molar-refractivity contribution is 5.99. The van der Waals surface area contributed by atoms with Gasteiger partial charge in [-0.2, -0.15) is 0 Å². The second kappa shape index (κ2) is 37.9. The van der Waals surface area contributed by atoms with Gasteiger partial charge in [0.25, 0.3) is 0 Å². The summed E-state index contributed by atoms with van der Waals surface area (Å²) in [5.41, 5.74) is 12.5. The number of carbonyl (C=O) groups excluding carboxylic acids is 3. The second-order valence-electron chi connectivity index (χ2n) is 18.9. The van der Waals surface area contributed by atoms with Crippen LogP contribution < -0.4 is 14.8 Å². The number of ether oxygens (including phenoxy) is 4. The number of aliphatic carboxylic acids is 1. The number of nitrogens with one attached hydrogen (secondary N) is 1. The van der Waals surface area contributed by atoms with Crippen molar-refractivity contribution in [3.63, 3.8) is 0 Å². The number of carboxylic acids is 1. The molecule has 11 heteroatoms. The molecular weight excluding hydrogens is 989 g/mol. The van der Waals surface area contributed by atoms with Crippen molar-refractivity contribution >= 4 is 46.1 Å². The maximum Gasteiger partial charge on any atom is 0.305 e. The molecule has 0 bridgehead atoms. The molecule has 0 spiro atoms. The number of carbonyl (C=O) groups is 4. The van der Waals surface area contributed by atoms with E-state index in [1.165, 1.54) is 64.3 Å². The Labute approximate surface area is 470 Å². The SMILES string of the molecule is CC/C(=C(\c1ccccc1)c1ccc(OCCN(C)C(=O)CCCCCCC(=O)OC)cc1)c1ccccc1.CC/C(=C(\c1ccccc1)c1ccc(OCCNC)cc1)c1ccccc1.COC(=O)CCCCCCC(=O)O. The van der Waals surface area contributed by atoms with Gasteiger partial charge in [0.1, 0.15) is 24.7 Å². The van der Waals surface area contributed by atoms with Gasteiger partial charge in [0.15, 0.2) is 0 Å². The predicted molar refractivity (Wildman–Crippen MR) is 321 cm³/mol. The van der Waals surface area contributed by atoms with E-state index in [-0.39, 0.29) is 24.3 Å². The van der Waals surface area contributed by atoms with Crippen molar-refractivity contribution in [2.24, 2.45) is 0 Å². The molecule has 11 nitrogen and oxygen atoms in total. The molecule has 6 aromatic carbocycles. The number of benzene rings is 6. The van der Waals surface area contributed by atoms with Crippen LogP contribution in [0.2, 0.25) is 0 Å². The lowest BCUT2D eigenvalue weighted by molar-refractivity contribution is -0.141. The third kappa shape index (κ3) is 23.8. The van der Waals surface area contributed by atoms with E-state index in [0.717, 1.165) is 81.4 Å². The number of amides is 1. The van der Waals surface area contributed by atoms with E-state index in [0.29, 0.717) is 45.4 Å². The lowest BCUT2D eigenvalue weighted by atomic mass is 9.88. The van der Waals surface area contributed by atoms with Crippen molar-refractivity contribution in [3.05, 3.63) is 203 Å². The van der Waals surface area contributed by atoms with Crippen molar-refractivity contribution in [3.8, 4) is 11.5 Å². The number of carboxylic acid groups (broad SMARTS) is 1. The molecule has 0 unspecified atom stereocenters. The van der Waals surface area contributed by atoms with Gasteiger partial charge in [-0.15, -0.1) is 0 Å². The normalized spacial score (nSPS) is 11.3. The summed E-state index contributed by atoms with van der Waals surface area (Å²) in [6.45, 7) is 6.90. The van der Waals surface area contributed by atoms with Crippen LogP contribution in [-0.2, 0) is 28.7 Å². The molecule has 0 atom stereocenters. The first-order valence-electron chi connectivity index (χ1n) is 27.9. The number of allylic oxidation sites excluding steroid dienone is 2. The molecule has 0 saturated carbocycles. The van der Waals surface area contributed by atoms with Crippen molar-refractivity contribution in [2.75, 3.05) is 54.6 Å². The lowest BCUT2D eigenvalue weighted by Gasteiger charge is -2.18. The van der Waals surface area contributed by atoms with Gasteiger partial charge in [-0.25, -0.2) is 0 Å². The van der Waals surface area contributed by atoms with Crippen LogP contribution in [0.15, 0.2) is 170 Å². The lowest BCUT2D eigenvalue weighted by Crippen LogP contribution is -2.30. The zero-order chi connectivity index (χ0) is 56.9. The highest BCUT2D eigenvalue weighted by atomic mass is 16.5. The molecule has 0 radical (unpaired) electrons. The van der Waals surface area contributed by atoms with Crippen molar-refractivity contribution < 1.29 is 43.2 Å². The van der Waals surface area contributed by atoms with Gasteiger partial charge in [0.05, 0.1) is 20.8 Å². The van der Waals surface area contributed by atoms with E-state index in [4.69, 9.17) is 14.6 Å². The molecule has 0 aliphatic carbocycles. The third-order valence-corrected chi connectivity index (χ3v) is 13.2. The highest BCUT2D eigenvalue weighted by Gasteiger charge is 2.15. The fourth-order valence-corrected chi connectivity index (χ4v) is 8.89. The number of hydrogen-bond donors (Lipinski definition) is 2. The number of rotatable bonds is 30. The molecule has 1 amide bonds. The fraction of sp³-hybridized carbons (Fsp3) is 0.353. The predicted octanol–water partition coefficient (Wildman–Crippen LogP) is 14.6. The van der Waals surface area contributed by atoms with Gasteiger partial charge in [0.2, 0.25) is 5.91 Å². The van der Waals surface area contributed by atoms with Crippen LogP contribution in [0.4, 0.5) is 0 Å². The second-order valence-corrected chi connectivity index (χ2v) is 18.9. The highest BCUT2D eigenvalue weighted by Crippen LogP contribution is 2.36. The van der Waals surface area contributed by atoms with E-state index >= 15 is 0 Å². The number of esters is 2.